The summed E-state index contributed by atoms with van der Waals surface area (Å²) in [6.07, 6.45) is 4.70. The van der Waals surface area contributed by atoms with Crippen LogP contribution >= 0.6 is 0 Å². The highest BCUT2D eigenvalue weighted by atomic mass is 16.5. The van der Waals surface area contributed by atoms with E-state index < -0.39 is 0 Å². The first-order chi connectivity index (χ1) is 18.4. The van der Waals surface area contributed by atoms with Gasteiger partial charge in [-0.3, -0.25) is 9.78 Å². The standard InChI is InChI=1S/C29H31N7O2/c1-5-26(37)32-21-10-11-30-24(16-21)27-19(2)6-7-20-18-31-29(34-28(20)27)33-23-9-8-22(17-25(23)38-4)36-14-12-35(3)13-15-36/h5-11,16-18H,1,12-15H2,2-4H3,(H,30,32,37)(H,31,33,34). The van der Waals surface area contributed by atoms with Crippen LogP contribution in [0.2, 0.25) is 0 Å². The van der Waals surface area contributed by atoms with Gasteiger partial charge in [0.15, 0.2) is 0 Å². The first-order valence-electron chi connectivity index (χ1n) is 12.5. The van der Waals surface area contributed by atoms with Crippen molar-refractivity contribution in [2.75, 3.05) is 55.9 Å². The van der Waals surface area contributed by atoms with Gasteiger partial charge >= 0.3 is 0 Å². The molecule has 38 heavy (non-hydrogen) atoms. The van der Waals surface area contributed by atoms with E-state index >= 15 is 0 Å². The molecule has 1 amide bonds. The summed E-state index contributed by atoms with van der Waals surface area (Å²) in [5, 5.41) is 7.01. The molecule has 0 saturated carbocycles. The number of hydrogen-bond acceptors (Lipinski definition) is 8. The van der Waals surface area contributed by atoms with Crippen LogP contribution in [0, 0.1) is 6.92 Å². The second-order valence-corrected chi connectivity index (χ2v) is 9.31. The number of piperazine rings is 1. The van der Waals surface area contributed by atoms with Crippen molar-refractivity contribution < 1.29 is 9.53 Å². The molecule has 1 aliphatic heterocycles. The summed E-state index contributed by atoms with van der Waals surface area (Å²) in [5.41, 5.74) is 5.90. The minimum atomic E-state index is -0.279. The Morgan fingerprint density at radius 2 is 1.89 bits per heavy atom. The molecule has 0 aliphatic carbocycles. The maximum atomic E-state index is 11.8. The highest BCUT2D eigenvalue weighted by Gasteiger charge is 2.17. The van der Waals surface area contributed by atoms with Gasteiger partial charge in [-0.25, -0.2) is 9.97 Å². The number of carbonyl (C=O) groups excluding carboxylic acids is 1. The van der Waals surface area contributed by atoms with E-state index in [0.717, 1.165) is 65.3 Å². The molecule has 1 fully saturated rings. The van der Waals surface area contributed by atoms with Crippen molar-refractivity contribution in [3.8, 4) is 17.0 Å². The number of nitrogens with zero attached hydrogens (tertiary/aromatic N) is 5. The molecule has 9 nitrogen and oxygen atoms in total. The molecule has 1 saturated heterocycles. The Kier molecular flexibility index (Phi) is 7.19. The van der Waals surface area contributed by atoms with Crippen molar-refractivity contribution in [1.82, 2.24) is 19.9 Å². The summed E-state index contributed by atoms with van der Waals surface area (Å²) in [7, 11) is 3.82. The van der Waals surface area contributed by atoms with Crippen LogP contribution in [-0.4, -0.2) is 66.1 Å². The summed E-state index contributed by atoms with van der Waals surface area (Å²) in [5.74, 6) is 0.895. The average Bonchev–Trinajstić information content (AvgIpc) is 2.93. The smallest absolute Gasteiger partial charge is 0.247 e. The van der Waals surface area contributed by atoms with Crippen LogP contribution in [0.5, 0.6) is 5.75 Å². The lowest BCUT2D eigenvalue weighted by atomic mass is 10.0. The fourth-order valence-electron chi connectivity index (χ4n) is 4.59. The molecule has 0 radical (unpaired) electrons. The number of amides is 1. The number of fused-ring (bicyclic) bond motifs is 1. The van der Waals surface area contributed by atoms with Crippen LogP contribution in [0.1, 0.15) is 5.56 Å². The summed E-state index contributed by atoms with van der Waals surface area (Å²) in [6.45, 7) is 9.56. The predicted octanol–water partition coefficient (Wildman–Crippen LogP) is 4.63. The molecule has 2 aromatic carbocycles. The Bertz CT molecular complexity index is 1500. The van der Waals surface area contributed by atoms with Crippen LogP contribution < -0.4 is 20.3 Å². The van der Waals surface area contributed by atoms with E-state index in [9.17, 15) is 4.79 Å². The zero-order valence-corrected chi connectivity index (χ0v) is 21.9. The maximum Gasteiger partial charge on any atom is 0.247 e. The topological polar surface area (TPSA) is 95.5 Å². The molecule has 0 bridgehead atoms. The van der Waals surface area contributed by atoms with Gasteiger partial charge in [0.25, 0.3) is 0 Å². The SMILES string of the molecule is C=CC(=O)Nc1ccnc(-c2c(C)ccc3cnc(Nc4ccc(N5CCN(C)CC5)cc4OC)nc23)c1. The van der Waals surface area contributed by atoms with Gasteiger partial charge in [0.05, 0.1) is 24.0 Å². The lowest BCUT2D eigenvalue weighted by molar-refractivity contribution is -0.111. The first-order valence-corrected chi connectivity index (χ1v) is 12.5. The Hall–Kier alpha value is -4.50. The third-order valence-corrected chi connectivity index (χ3v) is 6.73. The highest BCUT2D eigenvalue weighted by molar-refractivity contribution is 6.00. The van der Waals surface area contributed by atoms with E-state index in [2.05, 4.69) is 56.2 Å². The molecular weight excluding hydrogens is 478 g/mol. The Morgan fingerprint density at radius 1 is 1.08 bits per heavy atom. The molecule has 9 heteroatoms. The summed E-state index contributed by atoms with van der Waals surface area (Å²) in [4.78, 5) is 30.5. The van der Waals surface area contributed by atoms with Crippen LogP contribution in [0.4, 0.5) is 23.0 Å². The van der Waals surface area contributed by atoms with E-state index in [4.69, 9.17) is 9.72 Å². The molecule has 5 rings (SSSR count). The quantitative estimate of drug-likeness (QED) is 0.348. The van der Waals surface area contributed by atoms with Gasteiger partial charge in [0, 0.05) is 67.0 Å². The molecule has 2 aromatic heterocycles. The maximum absolute atomic E-state index is 11.8. The van der Waals surface area contributed by atoms with Gasteiger partial charge in [-0.2, -0.15) is 0 Å². The second kappa shape index (κ2) is 10.9. The van der Waals surface area contributed by atoms with Crippen molar-refractivity contribution in [2.45, 2.75) is 6.92 Å². The zero-order valence-electron chi connectivity index (χ0n) is 21.9. The van der Waals surface area contributed by atoms with Crippen molar-refractivity contribution >= 4 is 39.8 Å². The molecule has 2 N–H and O–H groups in total. The minimum Gasteiger partial charge on any atom is -0.494 e. The molecule has 194 valence electrons. The lowest BCUT2D eigenvalue weighted by Crippen LogP contribution is -2.44. The van der Waals surface area contributed by atoms with Gasteiger partial charge < -0.3 is 25.2 Å². The van der Waals surface area contributed by atoms with Crippen LogP contribution in [-0.2, 0) is 4.79 Å². The summed E-state index contributed by atoms with van der Waals surface area (Å²) < 4.78 is 5.72. The number of likely N-dealkylation sites (N-methyl/N-ethyl adjacent to an activating group) is 1. The number of carbonyl (C=O) groups is 1. The number of anilines is 4. The molecule has 1 aliphatic rings. The van der Waals surface area contributed by atoms with E-state index in [1.807, 2.05) is 31.2 Å². The van der Waals surface area contributed by atoms with Gasteiger partial charge in [-0.05, 0) is 49.9 Å². The summed E-state index contributed by atoms with van der Waals surface area (Å²) >= 11 is 0. The van der Waals surface area contributed by atoms with Crippen molar-refractivity contribution in [3.05, 3.63) is 73.1 Å². The zero-order chi connectivity index (χ0) is 26.6. The molecule has 0 atom stereocenters. The normalized spacial score (nSPS) is 13.8. The van der Waals surface area contributed by atoms with Gasteiger partial charge in [0.1, 0.15) is 5.75 Å². The second-order valence-electron chi connectivity index (χ2n) is 9.31. The molecule has 4 aromatic rings. The van der Waals surface area contributed by atoms with Crippen LogP contribution in [0.15, 0.2) is 67.5 Å². The van der Waals surface area contributed by atoms with Crippen molar-refractivity contribution in [3.63, 3.8) is 0 Å². The Balaban J connectivity index is 1.48. The van der Waals surface area contributed by atoms with Crippen molar-refractivity contribution in [2.24, 2.45) is 0 Å². The molecule has 3 heterocycles. The lowest BCUT2D eigenvalue weighted by Gasteiger charge is -2.34. The number of pyridine rings is 1. The molecule has 0 unspecified atom stereocenters. The Labute approximate surface area is 222 Å². The van der Waals surface area contributed by atoms with E-state index in [1.165, 1.54) is 6.08 Å². The van der Waals surface area contributed by atoms with Crippen LogP contribution in [0.25, 0.3) is 22.2 Å². The Morgan fingerprint density at radius 3 is 2.66 bits per heavy atom. The number of aryl methyl sites for hydroxylation is 1. The number of nitrogens with one attached hydrogen (secondary N) is 2. The van der Waals surface area contributed by atoms with E-state index in [1.54, 1.807) is 25.6 Å². The number of methoxy groups -OCH3 is 1. The number of rotatable bonds is 7. The van der Waals surface area contributed by atoms with Gasteiger partial charge in [-0.15, -0.1) is 0 Å². The largest absolute Gasteiger partial charge is 0.494 e. The van der Waals surface area contributed by atoms with Crippen molar-refractivity contribution in [1.29, 1.82) is 0 Å². The third kappa shape index (κ3) is 5.28. The predicted molar refractivity (Wildman–Crippen MR) is 152 cm³/mol. The van der Waals surface area contributed by atoms with E-state index in [0.29, 0.717) is 17.3 Å². The first kappa shape index (κ1) is 25.2. The number of hydrogen-bond donors (Lipinski definition) is 2. The third-order valence-electron chi connectivity index (χ3n) is 6.73. The van der Waals surface area contributed by atoms with Gasteiger partial charge in [-0.1, -0.05) is 18.7 Å². The monoisotopic (exact) mass is 509 g/mol. The average molecular weight is 510 g/mol. The van der Waals surface area contributed by atoms with Gasteiger partial charge in [0.2, 0.25) is 11.9 Å². The van der Waals surface area contributed by atoms with E-state index in [-0.39, 0.29) is 5.91 Å². The molecular formula is C29H31N7O2. The fraction of sp³-hybridized carbons (Fsp3) is 0.241. The number of aromatic nitrogens is 3. The summed E-state index contributed by atoms with van der Waals surface area (Å²) in [6, 6.07) is 13.7. The number of benzene rings is 2. The minimum absolute atomic E-state index is 0.279. The molecule has 0 spiro atoms. The highest BCUT2D eigenvalue weighted by Crippen LogP contribution is 2.34. The van der Waals surface area contributed by atoms with Crippen LogP contribution in [0.3, 0.4) is 0 Å². The fourth-order valence-corrected chi connectivity index (χ4v) is 4.59. The number of ether oxygens (including phenoxy) is 1.